The van der Waals surface area contributed by atoms with E-state index in [2.05, 4.69) is 20.0 Å². The number of fused-ring (bicyclic) bond motifs is 1. The zero-order valence-electron chi connectivity index (χ0n) is 12.3. The summed E-state index contributed by atoms with van der Waals surface area (Å²) in [4.78, 5) is 11.2. The molecule has 1 aliphatic heterocycles. The zero-order chi connectivity index (χ0) is 14.9. The second-order valence-electron chi connectivity index (χ2n) is 5.55. The molecule has 0 spiro atoms. The molecule has 112 valence electrons. The van der Waals surface area contributed by atoms with Crippen LogP contribution in [0.15, 0.2) is 42.9 Å². The molecule has 1 fully saturated rings. The summed E-state index contributed by atoms with van der Waals surface area (Å²) in [5.74, 6) is 0.945. The average molecular weight is 294 g/mol. The molecule has 0 radical (unpaired) electrons. The number of hydrogen-bond donors (Lipinski definition) is 1. The molecule has 1 atom stereocenters. The summed E-state index contributed by atoms with van der Waals surface area (Å²) < 4.78 is 1.86. The van der Waals surface area contributed by atoms with Gasteiger partial charge in [0.05, 0.1) is 17.3 Å². The molecule has 4 rings (SSSR count). The van der Waals surface area contributed by atoms with Crippen molar-refractivity contribution < 1.29 is 0 Å². The Bertz CT molecular complexity index is 782. The maximum absolute atomic E-state index is 5.90. The van der Waals surface area contributed by atoms with E-state index >= 15 is 0 Å². The Balaban J connectivity index is 1.84. The summed E-state index contributed by atoms with van der Waals surface area (Å²) in [6.07, 6.45) is 5.74. The molecule has 1 saturated heterocycles. The highest BCUT2D eigenvalue weighted by molar-refractivity contribution is 5.88. The van der Waals surface area contributed by atoms with Crippen LogP contribution in [-0.2, 0) is 0 Å². The van der Waals surface area contributed by atoms with Crippen LogP contribution in [0.4, 0.5) is 5.82 Å². The number of anilines is 1. The van der Waals surface area contributed by atoms with Gasteiger partial charge in [-0.05, 0) is 25.0 Å². The van der Waals surface area contributed by atoms with Crippen molar-refractivity contribution >= 4 is 16.9 Å². The molecule has 1 unspecified atom stereocenters. The molecule has 0 amide bonds. The molecule has 2 N–H and O–H groups in total. The first-order valence-corrected chi connectivity index (χ1v) is 7.59. The van der Waals surface area contributed by atoms with Gasteiger partial charge in [0, 0.05) is 19.1 Å². The largest absolute Gasteiger partial charge is 0.352 e. The first kappa shape index (κ1) is 13.2. The fourth-order valence-electron chi connectivity index (χ4n) is 3.18. The lowest BCUT2D eigenvalue weighted by Gasteiger charge is -2.24. The summed E-state index contributed by atoms with van der Waals surface area (Å²) in [5.41, 5.74) is 7.73. The Labute approximate surface area is 128 Å². The van der Waals surface area contributed by atoms with Gasteiger partial charge in [0.1, 0.15) is 12.1 Å². The summed E-state index contributed by atoms with van der Waals surface area (Å²) >= 11 is 0. The standard InChI is InChI=1S/C16H18N6/c17-9-13-7-4-8-21(13)15-14-10-20-22(16(14)19-11-18-15)12-5-2-1-3-6-12/h1-3,5-6,10-11,13H,4,7-9,17H2. The van der Waals surface area contributed by atoms with E-state index in [1.807, 2.05) is 41.2 Å². The number of hydrogen-bond acceptors (Lipinski definition) is 5. The van der Waals surface area contributed by atoms with Crippen LogP contribution in [0.3, 0.4) is 0 Å². The van der Waals surface area contributed by atoms with Crippen LogP contribution in [0.1, 0.15) is 12.8 Å². The van der Waals surface area contributed by atoms with E-state index < -0.39 is 0 Å². The van der Waals surface area contributed by atoms with E-state index in [4.69, 9.17) is 5.73 Å². The Morgan fingerprint density at radius 1 is 1.18 bits per heavy atom. The van der Waals surface area contributed by atoms with Gasteiger partial charge in [-0.2, -0.15) is 5.10 Å². The molecule has 1 aliphatic rings. The fraction of sp³-hybridized carbons (Fsp3) is 0.312. The number of para-hydroxylation sites is 1. The molecule has 0 saturated carbocycles. The van der Waals surface area contributed by atoms with Crippen molar-refractivity contribution in [3.63, 3.8) is 0 Å². The van der Waals surface area contributed by atoms with Crippen LogP contribution in [0.25, 0.3) is 16.7 Å². The smallest absolute Gasteiger partial charge is 0.168 e. The third-order valence-electron chi connectivity index (χ3n) is 4.27. The summed E-state index contributed by atoms with van der Waals surface area (Å²) in [7, 11) is 0. The van der Waals surface area contributed by atoms with Crippen molar-refractivity contribution in [2.24, 2.45) is 5.73 Å². The molecular weight excluding hydrogens is 276 g/mol. The second-order valence-corrected chi connectivity index (χ2v) is 5.55. The molecule has 6 nitrogen and oxygen atoms in total. The molecule has 0 aliphatic carbocycles. The Kier molecular flexibility index (Phi) is 3.23. The van der Waals surface area contributed by atoms with E-state index in [1.54, 1.807) is 6.33 Å². The second kappa shape index (κ2) is 5.38. The van der Waals surface area contributed by atoms with Crippen molar-refractivity contribution in [2.45, 2.75) is 18.9 Å². The Morgan fingerprint density at radius 3 is 2.86 bits per heavy atom. The van der Waals surface area contributed by atoms with Crippen LogP contribution in [-0.4, -0.2) is 38.9 Å². The highest BCUT2D eigenvalue weighted by Crippen LogP contribution is 2.29. The molecule has 2 aromatic heterocycles. The lowest BCUT2D eigenvalue weighted by atomic mass is 10.2. The molecule has 22 heavy (non-hydrogen) atoms. The van der Waals surface area contributed by atoms with Crippen LogP contribution >= 0.6 is 0 Å². The van der Waals surface area contributed by atoms with Crippen LogP contribution in [0.5, 0.6) is 0 Å². The summed E-state index contributed by atoms with van der Waals surface area (Å²) in [5, 5.41) is 5.48. The van der Waals surface area contributed by atoms with E-state index in [0.29, 0.717) is 12.6 Å². The monoisotopic (exact) mass is 294 g/mol. The first-order valence-electron chi connectivity index (χ1n) is 7.59. The molecule has 6 heteroatoms. The van der Waals surface area contributed by atoms with Gasteiger partial charge < -0.3 is 10.6 Å². The molecule has 0 bridgehead atoms. The van der Waals surface area contributed by atoms with Crippen molar-refractivity contribution in [1.29, 1.82) is 0 Å². The highest BCUT2D eigenvalue weighted by atomic mass is 15.3. The third kappa shape index (κ3) is 2.03. The lowest BCUT2D eigenvalue weighted by Crippen LogP contribution is -2.36. The minimum absolute atomic E-state index is 0.359. The van der Waals surface area contributed by atoms with Gasteiger partial charge in [0.15, 0.2) is 5.65 Å². The van der Waals surface area contributed by atoms with E-state index in [1.165, 1.54) is 0 Å². The predicted octanol–water partition coefficient (Wildman–Crippen LogP) is 1.74. The normalized spacial score (nSPS) is 18.2. The minimum atomic E-state index is 0.359. The van der Waals surface area contributed by atoms with Crippen molar-refractivity contribution in [3.05, 3.63) is 42.9 Å². The number of rotatable bonds is 3. The molecule has 1 aromatic carbocycles. The number of nitrogens with two attached hydrogens (primary N) is 1. The molecule has 3 heterocycles. The lowest BCUT2D eigenvalue weighted by molar-refractivity contribution is 0.673. The van der Waals surface area contributed by atoms with Crippen LogP contribution in [0, 0.1) is 0 Å². The SMILES string of the molecule is NCC1CCCN1c1ncnc2c1cnn2-c1ccccc1. The topological polar surface area (TPSA) is 72.9 Å². The van der Waals surface area contributed by atoms with Crippen LogP contribution < -0.4 is 10.6 Å². The van der Waals surface area contributed by atoms with Crippen molar-refractivity contribution in [1.82, 2.24) is 19.7 Å². The maximum Gasteiger partial charge on any atom is 0.168 e. The Morgan fingerprint density at radius 2 is 2.05 bits per heavy atom. The highest BCUT2D eigenvalue weighted by Gasteiger charge is 2.26. The van der Waals surface area contributed by atoms with Crippen molar-refractivity contribution in [2.75, 3.05) is 18.0 Å². The van der Waals surface area contributed by atoms with Gasteiger partial charge >= 0.3 is 0 Å². The number of benzene rings is 1. The zero-order valence-corrected chi connectivity index (χ0v) is 12.3. The summed E-state index contributed by atoms with van der Waals surface area (Å²) in [6, 6.07) is 10.4. The van der Waals surface area contributed by atoms with E-state index in [9.17, 15) is 0 Å². The number of aromatic nitrogens is 4. The number of nitrogens with zero attached hydrogens (tertiary/aromatic N) is 5. The van der Waals surface area contributed by atoms with Gasteiger partial charge in [-0.1, -0.05) is 18.2 Å². The maximum atomic E-state index is 5.90. The fourth-order valence-corrected chi connectivity index (χ4v) is 3.18. The minimum Gasteiger partial charge on any atom is -0.352 e. The predicted molar refractivity (Wildman–Crippen MR) is 86.1 cm³/mol. The van der Waals surface area contributed by atoms with Gasteiger partial charge in [-0.3, -0.25) is 0 Å². The van der Waals surface area contributed by atoms with Gasteiger partial charge in [0.25, 0.3) is 0 Å². The van der Waals surface area contributed by atoms with Crippen LogP contribution in [0.2, 0.25) is 0 Å². The van der Waals surface area contributed by atoms with Crippen molar-refractivity contribution in [3.8, 4) is 5.69 Å². The average Bonchev–Trinajstić information content (AvgIpc) is 3.22. The molecule has 3 aromatic rings. The van der Waals surface area contributed by atoms with Gasteiger partial charge in [-0.15, -0.1) is 0 Å². The third-order valence-corrected chi connectivity index (χ3v) is 4.27. The van der Waals surface area contributed by atoms with E-state index in [0.717, 1.165) is 41.9 Å². The van der Waals surface area contributed by atoms with Gasteiger partial charge in [0.2, 0.25) is 0 Å². The Hall–Kier alpha value is -2.47. The summed E-state index contributed by atoms with van der Waals surface area (Å²) in [6.45, 7) is 1.64. The quantitative estimate of drug-likeness (QED) is 0.796. The van der Waals surface area contributed by atoms with Gasteiger partial charge in [-0.25, -0.2) is 14.6 Å². The van der Waals surface area contributed by atoms with E-state index in [-0.39, 0.29) is 0 Å². The first-order chi connectivity index (χ1) is 10.9. The molecular formula is C16H18N6.